The van der Waals surface area contributed by atoms with E-state index < -0.39 is 0 Å². The van der Waals surface area contributed by atoms with Gasteiger partial charge in [-0.1, -0.05) is 49.1 Å². The van der Waals surface area contributed by atoms with Crippen molar-refractivity contribution in [2.24, 2.45) is 0 Å². The molecule has 1 aliphatic rings. The van der Waals surface area contributed by atoms with E-state index in [1.807, 2.05) is 53.4 Å². The number of amides is 1. The van der Waals surface area contributed by atoms with Crippen LogP contribution in [0, 0.1) is 0 Å². The predicted octanol–water partition coefficient (Wildman–Crippen LogP) is 4.68. The van der Waals surface area contributed by atoms with Gasteiger partial charge in [0.25, 0.3) is 0 Å². The fourth-order valence-corrected chi connectivity index (χ4v) is 4.33. The van der Waals surface area contributed by atoms with Crippen LogP contribution in [0.5, 0.6) is 5.75 Å². The van der Waals surface area contributed by atoms with Crippen LogP contribution in [0.2, 0.25) is 0 Å². The molecule has 1 fully saturated rings. The smallest absolute Gasteiger partial charge is 0.338 e. The monoisotopic (exact) mass is 470 g/mol. The van der Waals surface area contributed by atoms with Crippen molar-refractivity contribution in [3.8, 4) is 16.9 Å². The Morgan fingerprint density at radius 1 is 0.943 bits per heavy atom. The molecule has 1 aliphatic heterocycles. The van der Waals surface area contributed by atoms with Crippen LogP contribution in [0.1, 0.15) is 22.3 Å². The minimum absolute atomic E-state index is 0.149. The van der Waals surface area contributed by atoms with E-state index in [2.05, 4.69) is 11.5 Å². The second kappa shape index (κ2) is 11.4. The SMILES string of the molecule is C=CCOC(=O)c1ccc(N2CCN(C(=O)CCc3ccccc3-c3cccc(O)c3)CC2)cc1. The molecular weight excluding hydrogens is 440 g/mol. The first-order valence-corrected chi connectivity index (χ1v) is 11.8. The first-order chi connectivity index (χ1) is 17.0. The summed E-state index contributed by atoms with van der Waals surface area (Å²) < 4.78 is 5.07. The molecule has 6 heteroatoms. The molecule has 3 aromatic rings. The van der Waals surface area contributed by atoms with Gasteiger partial charge in [0, 0.05) is 38.3 Å². The summed E-state index contributed by atoms with van der Waals surface area (Å²) in [5.41, 5.74) is 4.61. The number of aromatic hydroxyl groups is 1. The van der Waals surface area contributed by atoms with Gasteiger partial charge in [-0.25, -0.2) is 4.79 Å². The minimum atomic E-state index is -0.363. The van der Waals surface area contributed by atoms with Crippen molar-refractivity contribution in [2.75, 3.05) is 37.7 Å². The third-order valence-corrected chi connectivity index (χ3v) is 6.22. The first-order valence-electron chi connectivity index (χ1n) is 11.8. The third-order valence-electron chi connectivity index (χ3n) is 6.22. The van der Waals surface area contributed by atoms with E-state index in [0.29, 0.717) is 31.5 Å². The Kier molecular flexibility index (Phi) is 7.83. The zero-order chi connectivity index (χ0) is 24.6. The van der Waals surface area contributed by atoms with Gasteiger partial charge in [-0.3, -0.25) is 4.79 Å². The molecule has 0 unspecified atom stereocenters. The number of rotatable bonds is 8. The maximum atomic E-state index is 12.9. The molecule has 0 saturated carbocycles. The largest absolute Gasteiger partial charge is 0.508 e. The number of piperazine rings is 1. The number of anilines is 1. The van der Waals surface area contributed by atoms with Crippen LogP contribution in [0.3, 0.4) is 0 Å². The number of benzene rings is 3. The fraction of sp³-hybridized carbons (Fsp3) is 0.241. The second-order valence-electron chi connectivity index (χ2n) is 8.51. The molecular formula is C29H30N2O4. The van der Waals surface area contributed by atoms with E-state index in [-0.39, 0.29) is 24.2 Å². The van der Waals surface area contributed by atoms with Gasteiger partial charge in [0.15, 0.2) is 0 Å². The van der Waals surface area contributed by atoms with Crippen molar-refractivity contribution in [3.05, 3.63) is 96.6 Å². The van der Waals surface area contributed by atoms with Crippen molar-refractivity contribution >= 4 is 17.6 Å². The van der Waals surface area contributed by atoms with Crippen LogP contribution in [-0.4, -0.2) is 54.7 Å². The van der Waals surface area contributed by atoms with Gasteiger partial charge in [-0.2, -0.15) is 0 Å². The van der Waals surface area contributed by atoms with Gasteiger partial charge in [0.1, 0.15) is 12.4 Å². The third kappa shape index (κ3) is 6.09. The molecule has 0 aliphatic carbocycles. The first kappa shape index (κ1) is 24.1. The summed E-state index contributed by atoms with van der Waals surface area (Å²) in [6.45, 7) is 6.55. The number of aryl methyl sites for hydroxylation is 1. The number of hydrogen-bond acceptors (Lipinski definition) is 5. The summed E-state index contributed by atoms with van der Waals surface area (Å²) in [5.74, 6) is 0.0155. The van der Waals surface area contributed by atoms with Crippen LogP contribution < -0.4 is 4.90 Å². The standard InChI is InChI=1S/C29H30N2O4/c1-2-20-35-29(34)23-10-13-25(14-11-23)30-16-18-31(19-17-30)28(33)15-12-22-6-3-4-9-27(22)24-7-5-8-26(32)21-24/h2-11,13-14,21,32H,1,12,15-20H2. The van der Waals surface area contributed by atoms with Crippen molar-refractivity contribution in [1.82, 2.24) is 4.90 Å². The van der Waals surface area contributed by atoms with E-state index in [1.165, 1.54) is 0 Å². The number of phenols is 1. The van der Waals surface area contributed by atoms with Crippen molar-refractivity contribution < 1.29 is 19.4 Å². The minimum Gasteiger partial charge on any atom is -0.508 e. The van der Waals surface area contributed by atoms with Gasteiger partial charge in [-0.05, 0) is 59.5 Å². The molecule has 6 nitrogen and oxygen atoms in total. The average Bonchev–Trinajstić information content (AvgIpc) is 2.90. The normalized spacial score (nSPS) is 13.4. The zero-order valence-electron chi connectivity index (χ0n) is 19.7. The number of nitrogens with zero attached hydrogens (tertiary/aromatic N) is 2. The number of ether oxygens (including phenoxy) is 1. The predicted molar refractivity (Wildman–Crippen MR) is 138 cm³/mol. The van der Waals surface area contributed by atoms with E-state index >= 15 is 0 Å². The summed E-state index contributed by atoms with van der Waals surface area (Å²) in [4.78, 5) is 29.0. The summed E-state index contributed by atoms with van der Waals surface area (Å²) in [7, 11) is 0. The molecule has 1 N–H and O–H groups in total. The maximum Gasteiger partial charge on any atom is 0.338 e. The molecule has 0 atom stereocenters. The molecule has 0 aromatic heterocycles. The van der Waals surface area contributed by atoms with Crippen LogP contribution in [0.15, 0.2) is 85.5 Å². The Balaban J connectivity index is 1.30. The molecule has 0 bridgehead atoms. The van der Waals surface area contributed by atoms with Gasteiger partial charge in [0.05, 0.1) is 5.56 Å². The number of esters is 1. The average molecular weight is 471 g/mol. The maximum absolute atomic E-state index is 12.9. The lowest BCUT2D eigenvalue weighted by Crippen LogP contribution is -2.48. The molecule has 4 rings (SSSR count). The van der Waals surface area contributed by atoms with Gasteiger partial charge in [-0.15, -0.1) is 0 Å². The Morgan fingerprint density at radius 3 is 2.40 bits per heavy atom. The van der Waals surface area contributed by atoms with Gasteiger partial charge in [0.2, 0.25) is 5.91 Å². The lowest BCUT2D eigenvalue weighted by molar-refractivity contribution is -0.131. The Morgan fingerprint density at radius 2 is 1.69 bits per heavy atom. The van der Waals surface area contributed by atoms with Gasteiger partial charge >= 0.3 is 5.97 Å². The molecule has 1 amide bonds. The van der Waals surface area contributed by atoms with E-state index in [0.717, 1.165) is 35.5 Å². The number of carbonyl (C=O) groups is 2. The lowest BCUT2D eigenvalue weighted by atomic mass is 9.96. The van der Waals surface area contributed by atoms with E-state index in [4.69, 9.17) is 4.74 Å². The van der Waals surface area contributed by atoms with Crippen molar-refractivity contribution in [3.63, 3.8) is 0 Å². The van der Waals surface area contributed by atoms with Crippen LogP contribution in [-0.2, 0) is 16.0 Å². The Bertz CT molecular complexity index is 1180. The highest BCUT2D eigenvalue weighted by molar-refractivity contribution is 5.90. The Labute approximate surface area is 206 Å². The summed E-state index contributed by atoms with van der Waals surface area (Å²) in [6.07, 6.45) is 2.63. The van der Waals surface area contributed by atoms with Crippen LogP contribution in [0.4, 0.5) is 5.69 Å². The highest BCUT2D eigenvalue weighted by Gasteiger charge is 2.21. The molecule has 0 radical (unpaired) electrons. The zero-order valence-corrected chi connectivity index (χ0v) is 19.7. The van der Waals surface area contributed by atoms with Crippen molar-refractivity contribution in [1.29, 1.82) is 0 Å². The highest BCUT2D eigenvalue weighted by atomic mass is 16.5. The molecule has 1 heterocycles. The number of carbonyl (C=O) groups excluding carboxylic acids is 2. The Hall–Kier alpha value is -4.06. The molecule has 180 valence electrons. The number of phenolic OH excluding ortho intramolecular Hbond substituents is 1. The summed E-state index contributed by atoms with van der Waals surface area (Å²) in [5, 5.41) is 9.84. The topological polar surface area (TPSA) is 70.1 Å². The summed E-state index contributed by atoms with van der Waals surface area (Å²) in [6, 6.07) is 22.6. The molecule has 35 heavy (non-hydrogen) atoms. The molecule has 3 aromatic carbocycles. The summed E-state index contributed by atoms with van der Waals surface area (Å²) >= 11 is 0. The van der Waals surface area contributed by atoms with E-state index in [9.17, 15) is 14.7 Å². The quantitative estimate of drug-likeness (QED) is 0.382. The fourth-order valence-electron chi connectivity index (χ4n) is 4.33. The number of hydrogen-bond donors (Lipinski definition) is 1. The molecule has 1 saturated heterocycles. The second-order valence-corrected chi connectivity index (χ2v) is 8.51. The lowest BCUT2D eigenvalue weighted by Gasteiger charge is -2.36. The molecule has 0 spiro atoms. The van der Waals surface area contributed by atoms with E-state index in [1.54, 1.807) is 30.3 Å². The van der Waals surface area contributed by atoms with Gasteiger partial charge < -0.3 is 19.6 Å². The van der Waals surface area contributed by atoms with Crippen molar-refractivity contribution in [2.45, 2.75) is 12.8 Å². The highest BCUT2D eigenvalue weighted by Crippen LogP contribution is 2.27. The van der Waals surface area contributed by atoms with Crippen LogP contribution in [0.25, 0.3) is 11.1 Å². The van der Waals surface area contributed by atoms with Crippen LogP contribution >= 0.6 is 0 Å².